The second-order valence-corrected chi connectivity index (χ2v) is 9.81. The minimum atomic E-state index is -0.0154. The zero-order valence-corrected chi connectivity index (χ0v) is 21.9. The SMILES string of the molecule is CC(=O)Cc1ccc(-c2ccnc(Cc3ccc(N4CCN(C(=O)c5ccc(Cl)nc5)CC4)cc3)n2)cc1. The van der Waals surface area contributed by atoms with Gasteiger partial charge in [-0.2, -0.15) is 0 Å². The maximum absolute atomic E-state index is 12.7. The van der Waals surface area contributed by atoms with Crippen molar-refractivity contribution in [1.29, 1.82) is 0 Å². The van der Waals surface area contributed by atoms with Gasteiger partial charge >= 0.3 is 0 Å². The number of aromatic nitrogens is 3. The van der Waals surface area contributed by atoms with Gasteiger partial charge in [-0.1, -0.05) is 48.0 Å². The number of pyridine rings is 1. The number of rotatable bonds is 7. The zero-order valence-electron chi connectivity index (χ0n) is 21.2. The van der Waals surface area contributed by atoms with Crippen LogP contribution in [0.4, 0.5) is 5.69 Å². The highest BCUT2D eigenvalue weighted by Gasteiger charge is 2.22. The van der Waals surface area contributed by atoms with Crippen LogP contribution in [0.5, 0.6) is 0 Å². The second kappa shape index (κ2) is 11.5. The highest BCUT2D eigenvalue weighted by Crippen LogP contribution is 2.21. The first-order valence-electron chi connectivity index (χ1n) is 12.6. The fourth-order valence-electron chi connectivity index (χ4n) is 4.59. The molecule has 0 saturated carbocycles. The predicted molar refractivity (Wildman–Crippen MR) is 148 cm³/mol. The van der Waals surface area contributed by atoms with E-state index in [0.717, 1.165) is 47.0 Å². The van der Waals surface area contributed by atoms with Gasteiger partial charge in [-0.15, -0.1) is 0 Å². The molecule has 5 rings (SSSR count). The molecule has 7 nitrogen and oxygen atoms in total. The summed E-state index contributed by atoms with van der Waals surface area (Å²) in [6, 6.07) is 21.7. The molecule has 4 aromatic rings. The molecule has 192 valence electrons. The topological polar surface area (TPSA) is 79.3 Å². The van der Waals surface area contributed by atoms with Crippen LogP contribution in [0.25, 0.3) is 11.3 Å². The number of anilines is 1. The number of carbonyl (C=O) groups is 2. The van der Waals surface area contributed by atoms with Crippen molar-refractivity contribution in [2.24, 2.45) is 0 Å². The Hall–Kier alpha value is -4.10. The van der Waals surface area contributed by atoms with Gasteiger partial charge in [0.2, 0.25) is 0 Å². The van der Waals surface area contributed by atoms with Crippen LogP contribution in [-0.2, 0) is 17.6 Å². The Balaban J connectivity index is 1.18. The third-order valence-electron chi connectivity index (χ3n) is 6.61. The third kappa shape index (κ3) is 6.23. The number of piperazine rings is 1. The lowest BCUT2D eigenvalue weighted by molar-refractivity contribution is -0.116. The van der Waals surface area contributed by atoms with E-state index in [1.807, 2.05) is 35.2 Å². The van der Waals surface area contributed by atoms with Crippen LogP contribution in [0.15, 0.2) is 79.1 Å². The predicted octanol–water partition coefficient (Wildman–Crippen LogP) is 4.88. The first-order chi connectivity index (χ1) is 18.4. The monoisotopic (exact) mass is 525 g/mol. The van der Waals surface area contributed by atoms with Crippen LogP contribution in [0, 0.1) is 0 Å². The maximum atomic E-state index is 12.7. The van der Waals surface area contributed by atoms with Crippen molar-refractivity contribution in [3.05, 3.63) is 107 Å². The van der Waals surface area contributed by atoms with E-state index in [1.165, 1.54) is 6.20 Å². The van der Waals surface area contributed by atoms with Gasteiger partial charge in [0, 0.05) is 62.7 Å². The number of carbonyl (C=O) groups excluding carboxylic acids is 2. The summed E-state index contributed by atoms with van der Waals surface area (Å²) in [5, 5.41) is 0.380. The van der Waals surface area contributed by atoms with Crippen LogP contribution in [0.2, 0.25) is 5.15 Å². The Morgan fingerprint density at radius 1 is 0.842 bits per heavy atom. The molecule has 0 aliphatic carbocycles. The molecule has 2 aromatic carbocycles. The summed E-state index contributed by atoms with van der Waals surface area (Å²) < 4.78 is 0. The van der Waals surface area contributed by atoms with Crippen LogP contribution in [0.1, 0.15) is 34.2 Å². The van der Waals surface area contributed by atoms with E-state index in [4.69, 9.17) is 16.6 Å². The quantitative estimate of drug-likeness (QED) is 0.320. The van der Waals surface area contributed by atoms with E-state index in [0.29, 0.717) is 36.6 Å². The smallest absolute Gasteiger partial charge is 0.255 e. The number of hydrogen-bond donors (Lipinski definition) is 0. The van der Waals surface area contributed by atoms with Crippen molar-refractivity contribution in [3.8, 4) is 11.3 Å². The molecule has 0 bridgehead atoms. The lowest BCUT2D eigenvalue weighted by atomic mass is 10.1. The molecular formula is C30H28ClN5O2. The summed E-state index contributed by atoms with van der Waals surface area (Å²) in [6.45, 7) is 4.44. The molecule has 0 unspecified atom stereocenters. The van der Waals surface area contributed by atoms with Gasteiger partial charge in [-0.25, -0.2) is 15.0 Å². The van der Waals surface area contributed by atoms with Gasteiger partial charge in [0.1, 0.15) is 16.8 Å². The number of hydrogen-bond acceptors (Lipinski definition) is 6. The Labute approximate surface area is 227 Å². The first kappa shape index (κ1) is 25.5. The zero-order chi connectivity index (χ0) is 26.5. The van der Waals surface area contributed by atoms with Crippen LogP contribution in [0.3, 0.4) is 0 Å². The standard InChI is InChI=1S/C30H28ClN5O2/c1-21(37)18-22-2-6-24(7-3-22)27-12-13-32-29(34-27)19-23-4-9-26(10-5-23)35-14-16-36(17-15-35)30(38)25-8-11-28(31)33-20-25/h2-13,20H,14-19H2,1H3. The molecule has 0 atom stereocenters. The van der Waals surface area contributed by atoms with Gasteiger partial charge in [-0.05, 0) is 48.4 Å². The number of benzene rings is 2. The van der Waals surface area contributed by atoms with E-state index in [9.17, 15) is 9.59 Å². The van der Waals surface area contributed by atoms with Crippen LogP contribution < -0.4 is 4.90 Å². The average Bonchev–Trinajstić information content (AvgIpc) is 2.94. The summed E-state index contributed by atoms with van der Waals surface area (Å²) in [5.41, 5.74) is 5.69. The second-order valence-electron chi connectivity index (χ2n) is 9.43. The molecule has 2 aromatic heterocycles. The Kier molecular flexibility index (Phi) is 7.75. The Morgan fingerprint density at radius 2 is 1.55 bits per heavy atom. The molecule has 1 aliphatic rings. The van der Waals surface area contributed by atoms with E-state index in [1.54, 1.807) is 25.3 Å². The number of ketones is 1. The molecule has 8 heteroatoms. The van der Waals surface area contributed by atoms with Gasteiger partial charge in [0.05, 0.1) is 11.3 Å². The fraction of sp³-hybridized carbons (Fsp3) is 0.233. The highest BCUT2D eigenvalue weighted by atomic mass is 35.5. The van der Waals surface area contributed by atoms with Gasteiger partial charge in [0.15, 0.2) is 0 Å². The third-order valence-corrected chi connectivity index (χ3v) is 6.84. The normalized spacial score (nSPS) is 13.4. The number of nitrogens with zero attached hydrogens (tertiary/aromatic N) is 5. The molecule has 1 aliphatic heterocycles. The van der Waals surface area contributed by atoms with E-state index in [2.05, 4.69) is 39.1 Å². The number of Topliss-reactive ketones (excluding diaryl/α,β-unsaturated/α-hetero) is 1. The molecule has 1 saturated heterocycles. The lowest BCUT2D eigenvalue weighted by Crippen LogP contribution is -2.48. The summed E-state index contributed by atoms with van der Waals surface area (Å²) in [4.78, 5) is 41.5. The summed E-state index contributed by atoms with van der Waals surface area (Å²) >= 11 is 5.84. The highest BCUT2D eigenvalue weighted by molar-refractivity contribution is 6.29. The molecule has 38 heavy (non-hydrogen) atoms. The molecule has 0 spiro atoms. The minimum Gasteiger partial charge on any atom is -0.368 e. The van der Waals surface area contributed by atoms with Crippen molar-refractivity contribution < 1.29 is 9.59 Å². The summed E-state index contributed by atoms with van der Waals surface area (Å²) in [6.07, 6.45) is 4.39. The summed E-state index contributed by atoms with van der Waals surface area (Å²) in [5.74, 6) is 0.891. The van der Waals surface area contributed by atoms with Crippen molar-refractivity contribution in [2.75, 3.05) is 31.1 Å². The summed E-state index contributed by atoms with van der Waals surface area (Å²) in [7, 11) is 0. The fourth-order valence-corrected chi connectivity index (χ4v) is 4.70. The van der Waals surface area contributed by atoms with E-state index in [-0.39, 0.29) is 11.7 Å². The van der Waals surface area contributed by atoms with Crippen molar-refractivity contribution in [3.63, 3.8) is 0 Å². The van der Waals surface area contributed by atoms with Crippen molar-refractivity contribution in [2.45, 2.75) is 19.8 Å². The van der Waals surface area contributed by atoms with Gasteiger partial charge in [0.25, 0.3) is 5.91 Å². The first-order valence-corrected chi connectivity index (χ1v) is 13.0. The van der Waals surface area contributed by atoms with Crippen molar-refractivity contribution >= 4 is 29.0 Å². The number of halogens is 1. The number of amides is 1. The van der Waals surface area contributed by atoms with E-state index < -0.39 is 0 Å². The molecule has 3 heterocycles. The maximum Gasteiger partial charge on any atom is 0.255 e. The Bertz CT molecular complexity index is 1410. The molecule has 1 amide bonds. The van der Waals surface area contributed by atoms with Gasteiger partial charge in [-0.3, -0.25) is 9.59 Å². The lowest BCUT2D eigenvalue weighted by Gasteiger charge is -2.36. The van der Waals surface area contributed by atoms with Crippen LogP contribution in [-0.4, -0.2) is 57.7 Å². The largest absolute Gasteiger partial charge is 0.368 e. The minimum absolute atomic E-state index is 0.0154. The van der Waals surface area contributed by atoms with Crippen molar-refractivity contribution in [1.82, 2.24) is 19.9 Å². The average molecular weight is 526 g/mol. The molecule has 0 N–H and O–H groups in total. The van der Waals surface area contributed by atoms with E-state index >= 15 is 0 Å². The van der Waals surface area contributed by atoms with Gasteiger partial charge < -0.3 is 9.80 Å². The molecule has 0 radical (unpaired) electrons. The van der Waals surface area contributed by atoms with Crippen LogP contribution >= 0.6 is 11.6 Å². The molecule has 1 fully saturated rings. The molecular weight excluding hydrogens is 498 g/mol. The Morgan fingerprint density at radius 3 is 2.21 bits per heavy atom.